The Morgan fingerprint density at radius 1 is 1.26 bits per heavy atom. The summed E-state index contributed by atoms with van der Waals surface area (Å²) in [7, 11) is 0. The van der Waals surface area contributed by atoms with Gasteiger partial charge in [0.15, 0.2) is 5.06 Å². The van der Waals surface area contributed by atoms with Crippen LogP contribution in [0.3, 0.4) is 0 Å². The van der Waals surface area contributed by atoms with Crippen molar-refractivity contribution in [2.75, 3.05) is 6.61 Å². The topological polar surface area (TPSA) is 39.9 Å². The standard InChI is InChI=1S/C14H16ClN3O/c15-14(12-6-2-1-3-7-12)13(8-4-5-9-19-14)18-11-16-10-17-18/h1-3,6-7,10-11,13H,4-5,8-9H2. The van der Waals surface area contributed by atoms with Crippen molar-refractivity contribution in [1.29, 1.82) is 0 Å². The number of aromatic nitrogens is 3. The van der Waals surface area contributed by atoms with Crippen molar-refractivity contribution in [3.8, 4) is 0 Å². The van der Waals surface area contributed by atoms with E-state index in [0.29, 0.717) is 6.61 Å². The van der Waals surface area contributed by atoms with Gasteiger partial charge in [0.05, 0.1) is 0 Å². The monoisotopic (exact) mass is 277 g/mol. The molecule has 0 radical (unpaired) electrons. The van der Waals surface area contributed by atoms with Crippen molar-refractivity contribution in [1.82, 2.24) is 14.8 Å². The van der Waals surface area contributed by atoms with E-state index in [2.05, 4.69) is 10.1 Å². The minimum atomic E-state index is -0.870. The van der Waals surface area contributed by atoms with Gasteiger partial charge in [-0.3, -0.25) is 0 Å². The van der Waals surface area contributed by atoms with Gasteiger partial charge in [-0.1, -0.05) is 41.9 Å². The van der Waals surface area contributed by atoms with Crippen molar-refractivity contribution < 1.29 is 4.74 Å². The Bertz CT molecular complexity index is 517. The molecule has 0 aliphatic carbocycles. The third kappa shape index (κ3) is 2.38. The average molecular weight is 278 g/mol. The molecule has 100 valence electrons. The first-order valence-corrected chi connectivity index (χ1v) is 6.91. The highest BCUT2D eigenvalue weighted by molar-refractivity contribution is 6.23. The van der Waals surface area contributed by atoms with Crippen molar-refractivity contribution >= 4 is 11.6 Å². The first-order valence-electron chi connectivity index (χ1n) is 6.53. The van der Waals surface area contributed by atoms with E-state index in [-0.39, 0.29) is 6.04 Å². The Kier molecular flexibility index (Phi) is 3.53. The van der Waals surface area contributed by atoms with Crippen LogP contribution in [0.15, 0.2) is 43.0 Å². The van der Waals surface area contributed by atoms with Crippen LogP contribution in [0.4, 0.5) is 0 Å². The molecule has 1 aromatic carbocycles. The van der Waals surface area contributed by atoms with E-state index >= 15 is 0 Å². The maximum absolute atomic E-state index is 6.85. The molecule has 0 N–H and O–H groups in total. The molecule has 1 fully saturated rings. The summed E-state index contributed by atoms with van der Waals surface area (Å²) in [4.78, 5) is 4.02. The molecule has 0 bridgehead atoms. The number of ether oxygens (including phenoxy) is 1. The number of nitrogens with zero attached hydrogens (tertiary/aromatic N) is 3. The molecule has 1 aromatic heterocycles. The Morgan fingerprint density at radius 3 is 2.84 bits per heavy atom. The fraction of sp³-hybridized carbons (Fsp3) is 0.429. The normalized spacial score (nSPS) is 27.9. The number of hydrogen-bond acceptors (Lipinski definition) is 3. The minimum absolute atomic E-state index is 0.0402. The molecule has 0 amide bonds. The number of alkyl halides is 1. The molecular weight excluding hydrogens is 262 g/mol. The predicted molar refractivity (Wildman–Crippen MR) is 72.8 cm³/mol. The van der Waals surface area contributed by atoms with Gasteiger partial charge in [0.25, 0.3) is 0 Å². The van der Waals surface area contributed by atoms with Crippen LogP contribution in [0, 0.1) is 0 Å². The summed E-state index contributed by atoms with van der Waals surface area (Å²) in [6, 6.07) is 9.90. The molecule has 1 saturated heterocycles. The van der Waals surface area contributed by atoms with Gasteiger partial charge >= 0.3 is 0 Å². The van der Waals surface area contributed by atoms with E-state index in [1.54, 1.807) is 6.33 Å². The van der Waals surface area contributed by atoms with Crippen molar-refractivity contribution in [3.63, 3.8) is 0 Å². The summed E-state index contributed by atoms with van der Waals surface area (Å²) in [5.41, 5.74) is 0.971. The zero-order valence-corrected chi connectivity index (χ0v) is 11.3. The molecule has 2 unspecified atom stereocenters. The summed E-state index contributed by atoms with van der Waals surface area (Å²) >= 11 is 6.85. The second-order valence-corrected chi connectivity index (χ2v) is 5.31. The van der Waals surface area contributed by atoms with Crippen LogP contribution in [0.5, 0.6) is 0 Å². The van der Waals surface area contributed by atoms with Crippen LogP contribution in [-0.2, 0) is 9.80 Å². The molecule has 2 heterocycles. The van der Waals surface area contributed by atoms with E-state index in [9.17, 15) is 0 Å². The van der Waals surface area contributed by atoms with Crippen LogP contribution < -0.4 is 0 Å². The molecule has 19 heavy (non-hydrogen) atoms. The van der Waals surface area contributed by atoms with Crippen LogP contribution in [0.2, 0.25) is 0 Å². The summed E-state index contributed by atoms with van der Waals surface area (Å²) in [5, 5.41) is 3.37. The van der Waals surface area contributed by atoms with Gasteiger partial charge in [0.1, 0.15) is 18.7 Å². The Morgan fingerprint density at radius 2 is 2.11 bits per heavy atom. The number of benzene rings is 1. The lowest BCUT2D eigenvalue weighted by Crippen LogP contribution is -2.34. The maximum Gasteiger partial charge on any atom is 0.189 e. The first-order chi connectivity index (χ1) is 9.31. The molecule has 0 saturated carbocycles. The van der Waals surface area contributed by atoms with Gasteiger partial charge in [-0.25, -0.2) is 9.67 Å². The molecular formula is C14H16ClN3O. The highest BCUT2D eigenvalue weighted by Crippen LogP contribution is 2.45. The summed E-state index contributed by atoms with van der Waals surface area (Å²) in [6.07, 6.45) is 6.27. The van der Waals surface area contributed by atoms with E-state index < -0.39 is 5.06 Å². The zero-order valence-electron chi connectivity index (χ0n) is 10.6. The fourth-order valence-electron chi connectivity index (χ4n) is 2.56. The lowest BCUT2D eigenvalue weighted by Gasteiger charge is -2.33. The molecule has 0 spiro atoms. The van der Waals surface area contributed by atoms with E-state index in [4.69, 9.17) is 16.3 Å². The molecule has 2 aromatic rings. The fourth-order valence-corrected chi connectivity index (χ4v) is 2.98. The van der Waals surface area contributed by atoms with Gasteiger partial charge < -0.3 is 4.74 Å². The molecule has 2 atom stereocenters. The Hall–Kier alpha value is -1.39. The molecule has 3 rings (SSSR count). The van der Waals surface area contributed by atoms with Gasteiger partial charge in [-0.2, -0.15) is 5.10 Å². The highest BCUT2D eigenvalue weighted by atomic mass is 35.5. The third-order valence-electron chi connectivity index (χ3n) is 3.54. The number of rotatable bonds is 2. The van der Waals surface area contributed by atoms with Gasteiger partial charge in [0, 0.05) is 12.2 Å². The van der Waals surface area contributed by atoms with Crippen LogP contribution in [0.1, 0.15) is 30.9 Å². The van der Waals surface area contributed by atoms with Gasteiger partial charge in [0.2, 0.25) is 0 Å². The predicted octanol–water partition coefficient (Wildman–Crippen LogP) is 3.11. The summed E-state index contributed by atoms with van der Waals surface area (Å²) in [6.45, 7) is 0.670. The summed E-state index contributed by atoms with van der Waals surface area (Å²) < 4.78 is 7.80. The van der Waals surface area contributed by atoms with Crippen LogP contribution in [-0.4, -0.2) is 21.4 Å². The molecule has 4 nitrogen and oxygen atoms in total. The third-order valence-corrected chi connectivity index (χ3v) is 4.12. The van der Waals surface area contributed by atoms with Crippen molar-refractivity contribution in [2.45, 2.75) is 30.4 Å². The quantitative estimate of drug-likeness (QED) is 0.792. The molecule has 1 aliphatic rings. The largest absolute Gasteiger partial charge is 0.353 e. The summed E-state index contributed by atoms with van der Waals surface area (Å²) in [5.74, 6) is 0. The van der Waals surface area contributed by atoms with Crippen molar-refractivity contribution in [3.05, 3.63) is 48.5 Å². The maximum atomic E-state index is 6.85. The smallest absolute Gasteiger partial charge is 0.189 e. The second kappa shape index (κ2) is 5.31. The van der Waals surface area contributed by atoms with Gasteiger partial charge in [-0.05, 0) is 19.3 Å². The Balaban J connectivity index is 2.03. The number of hydrogen-bond donors (Lipinski definition) is 0. The Labute approximate surface area is 117 Å². The van der Waals surface area contributed by atoms with Gasteiger partial charge in [-0.15, -0.1) is 0 Å². The number of halogens is 1. The van der Waals surface area contributed by atoms with Crippen molar-refractivity contribution in [2.24, 2.45) is 0 Å². The van der Waals surface area contributed by atoms with Crippen LogP contribution >= 0.6 is 11.6 Å². The first kappa shape index (κ1) is 12.6. The van der Waals surface area contributed by atoms with E-state index in [0.717, 1.165) is 24.8 Å². The van der Waals surface area contributed by atoms with E-state index in [1.165, 1.54) is 6.33 Å². The molecule has 5 heteroatoms. The SMILES string of the molecule is ClC1(c2ccccc2)OCCCCC1n1cncn1. The average Bonchev–Trinajstić information content (AvgIpc) is 2.90. The lowest BCUT2D eigenvalue weighted by molar-refractivity contribution is -0.0139. The van der Waals surface area contributed by atoms with E-state index in [1.807, 2.05) is 35.0 Å². The highest BCUT2D eigenvalue weighted by Gasteiger charge is 2.42. The second-order valence-electron chi connectivity index (χ2n) is 4.75. The lowest BCUT2D eigenvalue weighted by atomic mass is 9.98. The molecule has 1 aliphatic heterocycles. The van der Waals surface area contributed by atoms with Crippen LogP contribution in [0.25, 0.3) is 0 Å². The zero-order chi connectivity index (χ0) is 13.1. The minimum Gasteiger partial charge on any atom is -0.353 e.